The van der Waals surface area contributed by atoms with E-state index in [0.717, 1.165) is 20.9 Å². The molecule has 0 saturated carbocycles. The number of benzene rings is 1. The van der Waals surface area contributed by atoms with E-state index in [1.54, 1.807) is 18.5 Å². The molecule has 0 amide bonds. The minimum absolute atomic E-state index is 0.166. The monoisotopic (exact) mass is 458 g/mol. The Balaban J connectivity index is 1.56. The molecule has 0 radical (unpaired) electrons. The Hall–Kier alpha value is -3.54. The fourth-order valence-electron chi connectivity index (χ4n) is 3.36. The van der Waals surface area contributed by atoms with Gasteiger partial charge >= 0.3 is 5.69 Å². The summed E-state index contributed by atoms with van der Waals surface area (Å²) in [5, 5.41) is 8.14. The van der Waals surface area contributed by atoms with Gasteiger partial charge in [-0.3, -0.25) is 18.7 Å². The number of thioether (sulfide) groups is 1. The van der Waals surface area contributed by atoms with E-state index < -0.39 is 28.4 Å². The Morgan fingerprint density at radius 2 is 1.81 bits per heavy atom. The topological polar surface area (TPSA) is 136 Å². The van der Waals surface area contributed by atoms with Crippen molar-refractivity contribution in [3.8, 4) is 11.5 Å². The average molecular weight is 459 g/mol. The fourth-order valence-corrected chi connectivity index (χ4v) is 4.24. The summed E-state index contributed by atoms with van der Waals surface area (Å²) >= 11 is 1.13. The summed E-state index contributed by atoms with van der Waals surface area (Å²) in [5.41, 5.74) is 4.36. The minimum atomic E-state index is -0.729. The zero-order valence-corrected chi connectivity index (χ0v) is 18.8. The second-order valence-electron chi connectivity index (χ2n) is 7.35. The summed E-state index contributed by atoms with van der Waals surface area (Å²) in [5.74, 6) is 1.15. The highest BCUT2D eigenvalue weighted by molar-refractivity contribution is 8.00. The van der Waals surface area contributed by atoms with Gasteiger partial charge in [0.2, 0.25) is 0 Å². The molecule has 0 saturated heterocycles. The predicted molar refractivity (Wildman–Crippen MR) is 117 cm³/mol. The number of nitrogen functional groups attached to an aromatic ring is 1. The van der Waals surface area contributed by atoms with E-state index in [4.69, 9.17) is 15.2 Å². The Morgan fingerprint density at radius 1 is 1.12 bits per heavy atom. The maximum atomic E-state index is 13.0. The zero-order valence-electron chi connectivity index (χ0n) is 17.9. The molecule has 0 aliphatic carbocycles. The summed E-state index contributed by atoms with van der Waals surface area (Å²) in [6.07, 6.45) is -0.464. The molecular weight excluding hydrogens is 436 g/mol. The number of nitrogens with zero attached hydrogens (tertiary/aromatic N) is 5. The maximum absolute atomic E-state index is 13.0. The normalized spacial score (nSPS) is 16.1. The largest absolute Gasteiger partial charge is 0.485 e. The standard InChI is InChI=1S/C20H22N6O5S/c1-10(15(27)14-16(21)24(2)20(29)26(4)18(14)28)32-19-23-22-17(25(19)3)13-9-30-11-7-5-6-8-12(11)31-13/h5-8,10,13H,9,21H2,1-4H3/t10-,13+/m0/s1. The highest BCUT2D eigenvalue weighted by Crippen LogP contribution is 2.36. The number of para-hydroxylation sites is 2. The summed E-state index contributed by atoms with van der Waals surface area (Å²) in [7, 11) is 4.47. The third-order valence-corrected chi connectivity index (χ3v) is 6.41. The van der Waals surface area contributed by atoms with E-state index in [0.29, 0.717) is 22.5 Å². The molecular formula is C20H22N6O5S. The van der Waals surface area contributed by atoms with Crippen molar-refractivity contribution in [3.63, 3.8) is 0 Å². The number of rotatable bonds is 5. The van der Waals surface area contributed by atoms with Crippen LogP contribution in [0.25, 0.3) is 0 Å². The lowest BCUT2D eigenvalue weighted by atomic mass is 10.1. The molecule has 168 valence electrons. The van der Waals surface area contributed by atoms with Gasteiger partial charge in [0.15, 0.2) is 34.4 Å². The molecule has 2 N–H and O–H groups in total. The number of anilines is 1. The van der Waals surface area contributed by atoms with Crippen LogP contribution in [0.1, 0.15) is 29.2 Å². The molecule has 2 atom stereocenters. The van der Waals surface area contributed by atoms with Gasteiger partial charge in [0.05, 0.1) is 5.25 Å². The SMILES string of the molecule is C[C@H](Sc1nnc([C@H]2COc3ccccc3O2)n1C)C(=O)c1c(N)n(C)c(=O)n(C)c1=O. The van der Waals surface area contributed by atoms with Crippen LogP contribution in [0.4, 0.5) is 5.82 Å². The van der Waals surface area contributed by atoms with Gasteiger partial charge in [-0.25, -0.2) is 4.79 Å². The molecule has 1 aliphatic rings. The van der Waals surface area contributed by atoms with Crippen molar-refractivity contribution in [3.05, 3.63) is 56.5 Å². The Morgan fingerprint density at radius 3 is 2.53 bits per heavy atom. The molecule has 3 heterocycles. The van der Waals surface area contributed by atoms with Crippen LogP contribution in [0, 0.1) is 0 Å². The number of carbonyl (C=O) groups excluding carboxylic acids is 1. The van der Waals surface area contributed by atoms with Crippen LogP contribution in [0.15, 0.2) is 39.0 Å². The minimum Gasteiger partial charge on any atom is -0.485 e. The van der Waals surface area contributed by atoms with E-state index in [1.165, 1.54) is 14.1 Å². The Kier molecular flexibility index (Phi) is 5.55. The first-order valence-corrected chi connectivity index (χ1v) is 10.6. The number of carbonyl (C=O) groups is 1. The molecule has 0 unspecified atom stereocenters. The first-order valence-electron chi connectivity index (χ1n) is 9.74. The number of ketones is 1. The van der Waals surface area contributed by atoms with Crippen LogP contribution in [-0.4, -0.2) is 41.5 Å². The third-order valence-electron chi connectivity index (χ3n) is 5.27. The molecule has 0 fully saturated rings. The lowest BCUT2D eigenvalue weighted by molar-refractivity contribution is 0.0825. The first-order chi connectivity index (χ1) is 15.2. The number of ether oxygens (including phenoxy) is 2. The summed E-state index contributed by atoms with van der Waals surface area (Å²) in [6.45, 7) is 1.91. The molecule has 0 bridgehead atoms. The van der Waals surface area contributed by atoms with Gasteiger partial charge in [-0.2, -0.15) is 0 Å². The van der Waals surface area contributed by atoms with Crippen LogP contribution in [0.5, 0.6) is 11.5 Å². The predicted octanol–water partition coefficient (Wildman–Crippen LogP) is 0.671. The number of fused-ring (bicyclic) bond motifs is 1. The van der Waals surface area contributed by atoms with Gasteiger partial charge in [0.1, 0.15) is 18.0 Å². The van der Waals surface area contributed by atoms with Crippen LogP contribution >= 0.6 is 11.8 Å². The van der Waals surface area contributed by atoms with Gasteiger partial charge in [-0.15, -0.1) is 10.2 Å². The van der Waals surface area contributed by atoms with E-state index in [1.807, 2.05) is 24.3 Å². The van der Waals surface area contributed by atoms with Crippen molar-refractivity contribution in [1.82, 2.24) is 23.9 Å². The Bertz CT molecular complexity index is 1330. The van der Waals surface area contributed by atoms with Gasteiger partial charge in [0, 0.05) is 21.1 Å². The van der Waals surface area contributed by atoms with Crippen LogP contribution in [0.3, 0.4) is 0 Å². The molecule has 2 aromatic heterocycles. The van der Waals surface area contributed by atoms with Crippen molar-refractivity contribution < 1.29 is 14.3 Å². The van der Waals surface area contributed by atoms with Crippen molar-refractivity contribution in [2.45, 2.75) is 23.4 Å². The zero-order chi connectivity index (χ0) is 23.2. The maximum Gasteiger partial charge on any atom is 0.332 e. The molecule has 32 heavy (non-hydrogen) atoms. The summed E-state index contributed by atoms with van der Waals surface area (Å²) < 4.78 is 15.4. The lowest BCUT2D eigenvalue weighted by Gasteiger charge is -2.25. The summed E-state index contributed by atoms with van der Waals surface area (Å²) in [4.78, 5) is 37.6. The highest BCUT2D eigenvalue weighted by atomic mass is 32.2. The average Bonchev–Trinajstić information content (AvgIpc) is 3.15. The number of hydrogen-bond donors (Lipinski definition) is 1. The second kappa shape index (κ2) is 8.19. The van der Waals surface area contributed by atoms with Crippen LogP contribution in [0.2, 0.25) is 0 Å². The van der Waals surface area contributed by atoms with Gasteiger partial charge in [0.25, 0.3) is 5.56 Å². The molecule has 4 rings (SSSR count). The highest BCUT2D eigenvalue weighted by Gasteiger charge is 2.30. The molecule has 1 aromatic carbocycles. The number of nitrogens with two attached hydrogens (primary N) is 1. The van der Waals surface area contributed by atoms with E-state index in [-0.39, 0.29) is 18.0 Å². The molecule has 12 heteroatoms. The number of aromatic nitrogens is 5. The second-order valence-corrected chi connectivity index (χ2v) is 8.66. The van der Waals surface area contributed by atoms with E-state index in [2.05, 4.69) is 10.2 Å². The van der Waals surface area contributed by atoms with Crippen molar-refractivity contribution in [2.75, 3.05) is 12.3 Å². The summed E-state index contributed by atoms with van der Waals surface area (Å²) in [6, 6.07) is 7.35. The lowest BCUT2D eigenvalue weighted by Crippen LogP contribution is -2.42. The van der Waals surface area contributed by atoms with Crippen molar-refractivity contribution >= 4 is 23.4 Å². The molecule has 1 aliphatic heterocycles. The smallest absolute Gasteiger partial charge is 0.332 e. The first kappa shape index (κ1) is 21.7. The van der Waals surface area contributed by atoms with Gasteiger partial charge in [-0.1, -0.05) is 23.9 Å². The van der Waals surface area contributed by atoms with Gasteiger partial charge in [-0.05, 0) is 19.1 Å². The van der Waals surface area contributed by atoms with Crippen molar-refractivity contribution in [2.24, 2.45) is 21.1 Å². The molecule has 11 nitrogen and oxygen atoms in total. The molecule has 0 spiro atoms. The number of hydrogen-bond acceptors (Lipinski definition) is 9. The van der Waals surface area contributed by atoms with E-state index in [9.17, 15) is 14.4 Å². The van der Waals surface area contributed by atoms with Gasteiger partial charge < -0.3 is 19.8 Å². The van der Waals surface area contributed by atoms with Crippen molar-refractivity contribution in [1.29, 1.82) is 0 Å². The van der Waals surface area contributed by atoms with E-state index >= 15 is 0 Å². The number of Topliss-reactive ketones (excluding diaryl/α,β-unsaturated/α-hetero) is 1. The molecule has 3 aromatic rings. The van der Waals surface area contributed by atoms with Crippen LogP contribution < -0.4 is 26.5 Å². The quantitative estimate of drug-likeness (QED) is 0.432. The fraction of sp³-hybridized carbons (Fsp3) is 0.350. The third kappa shape index (κ3) is 3.55. The Labute approximate surface area is 186 Å². The van der Waals surface area contributed by atoms with Crippen LogP contribution in [-0.2, 0) is 21.1 Å².